The van der Waals surface area contributed by atoms with Crippen molar-refractivity contribution < 1.29 is 38.7 Å². The molecule has 0 unspecified atom stereocenters. The SMILES string of the molecule is C=C/C(=C\C(=N/C)c1cc(C(=O)O)cc(-c2ncnc(-c3sc(-c4scc5c4OCCO5)c4c3OCCO4)n2)n1)C(=O)O. The number of hydrogen-bond acceptors (Lipinski definition) is 13. The van der Waals surface area contributed by atoms with Crippen molar-refractivity contribution in [2.75, 3.05) is 33.5 Å². The van der Waals surface area contributed by atoms with Crippen LogP contribution in [0.3, 0.4) is 0 Å². The van der Waals surface area contributed by atoms with E-state index in [9.17, 15) is 19.8 Å². The zero-order chi connectivity index (χ0) is 30.1. The Morgan fingerprint density at radius 1 is 0.930 bits per heavy atom. The van der Waals surface area contributed by atoms with Gasteiger partial charge < -0.3 is 29.2 Å². The third-order valence-corrected chi connectivity index (χ3v) is 8.50. The molecular formula is C28H21N5O8S2. The summed E-state index contributed by atoms with van der Waals surface area (Å²) in [7, 11) is 1.44. The van der Waals surface area contributed by atoms with Crippen LogP contribution in [0.2, 0.25) is 0 Å². The van der Waals surface area contributed by atoms with E-state index in [1.807, 2.05) is 5.38 Å². The van der Waals surface area contributed by atoms with E-state index in [2.05, 4.69) is 31.5 Å². The molecule has 0 bridgehead atoms. The molecule has 2 aliphatic heterocycles. The summed E-state index contributed by atoms with van der Waals surface area (Å²) in [5.74, 6) is 0.236. The smallest absolute Gasteiger partial charge is 0.335 e. The fourth-order valence-electron chi connectivity index (χ4n) is 4.30. The number of thiophene rings is 2. The van der Waals surface area contributed by atoms with Crippen molar-refractivity contribution in [3.05, 3.63) is 59.4 Å². The first-order valence-corrected chi connectivity index (χ1v) is 14.4. The number of aromatic nitrogens is 4. The lowest BCUT2D eigenvalue weighted by Gasteiger charge is -2.18. The van der Waals surface area contributed by atoms with Crippen LogP contribution < -0.4 is 18.9 Å². The maximum Gasteiger partial charge on any atom is 0.335 e. The van der Waals surface area contributed by atoms with Gasteiger partial charge in [0, 0.05) is 12.4 Å². The fourth-order valence-corrected chi connectivity index (χ4v) is 6.51. The first kappa shape index (κ1) is 28.0. The van der Waals surface area contributed by atoms with Crippen molar-refractivity contribution in [1.29, 1.82) is 0 Å². The van der Waals surface area contributed by atoms with Crippen molar-refractivity contribution in [2.45, 2.75) is 0 Å². The van der Waals surface area contributed by atoms with E-state index in [0.717, 1.165) is 15.8 Å². The number of pyridine rings is 1. The van der Waals surface area contributed by atoms with Gasteiger partial charge in [0.05, 0.1) is 32.3 Å². The molecule has 4 aromatic heterocycles. The van der Waals surface area contributed by atoms with Crippen molar-refractivity contribution in [1.82, 2.24) is 19.9 Å². The minimum absolute atomic E-state index is 0.0848. The maximum atomic E-state index is 12.0. The van der Waals surface area contributed by atoms with Crippen LogP contribution in [0.25, 0.3) is 32.0 Å². The van der Waals surface area contributed by atoms with Crippen LogP contribution in [0, 0.1) is 0 Å². The molecule has 2 aliphatic rings. The average molecular weight is 620 g/mol. The van der Waals surface area contributed by atoms with Crippen molar-refractivity contribution in [3.63, 3.8) is 0 Å². The lowest BCUT2D eigenvalue weighted by Crippen LogP contribution is -2.15. The quantitative estimate of drug-likeness (QED) is 0.163. The highest BCUT2D eigenvalue weighted by Crippen LogP contribution is 2.57. The number of rotatable bonds is 8. The van der Waals surface area contributed by atoms with Gasteiger partial charge in [-0.05, 0) is 18.2 Å². The largest absolute Gasteiger partial charge is 0.485 e. The monoisotopic (exact) mass is 619 g/mol. The Hall–Kier alpha value is -5.15. The molecule has 0 radical (unpaired) electrons. The Labute approximate surface area is 251 Å². The number of aromatic carboxylic acids is 1. The van der Waals surface area contributed by atoms with Gasteiger partial charge in [0.2, 0.25) is 0 Å². The lowest BCUT2D eigenvalue weighted by molar-refractivity contribution is -0.132. The number of nitrogens with zero attached hydrogens (tertiary/aromatic N) is 5. The van der Waals surface area contributed by atoms with E-state index in [1.54, 1.807) is 0 Å². The number of ether oxygens (including phenoxy) is 4. The standard InChI is InChI=1S/C28H21N5O8S2/c1-3-13(27(34)35)8-15(29-2)16-9-14(28(36)37)10-17(32-16)25-30-12-31-26(33-25)24-21-20(40-6-7-41-21)23(43-24)22-19-18(11-42-22)38-4-5-39-19/h3,8-12H,1,4-7H2,2H3,(H,34,35)(H,36,37)/b13-8+,29-15+. The first-order valence-electron chi connectivity index (χ1n) is 12.7. The molecule has 0 atom stereocenters. The summed E-state index contributed by atoms with van der Waals surface area (Å²) in [6, 6.07) is 2.60. The summed E-state index contributed by atoms with van der Waals surface area (Å²) in [6.45, 7) is 5.11. The summed E-state index contributed by atoms with van der Waals surface area (Å²) in [5.41, 5.74) is 0.0890. The Morgan fingerprint density at radius 2 is 1.63 bits per heavy atom. The van der Waals surface area contributed by atoms with Gasteiger partial charge in [-0.1, -0.05) is 12.7 Å². The summed E-state index contributed by atoms with van der Waals surface area (Å²) in [5, 5.41) is 21.1. The summed E-state index contributed by atoms with van der Waals surface area (Å²) >= 11 is 2.83. The topological polar surface area (TPSA) is 175 Å². The van der Waals surface area contributed by atoms with Gasteiger partial charge in [0.25, 0.3) is 0 Å². The lowest BCUT2D eigenvalue weighted by atomic mass is 10.1. The molecule has 0 fully saturated rings. The minimum atomic E-state index is -1.23. The minimum Gasteiger partial charge on any atom is -0.485 e. The number of carboxylic acid groups (broad SMARTS) is 2. The zero-order valence-electron chi connectivity index (χ0n) is 22.4. The Balaban J connectivity index is 1.45. The average Bonchev–Trinajstić information content (AvgIpc) is 3.63. The van der Waals surface area contributed by atoms with Crippen LogP contribution in [0.4, 0.5) is 0 Å². The van der Waals surface area contributed by atoms with Crippen molar-refractivity contribution >= 4 is 40.3 Å². The van der Waals surface area contributed by atoms with E-state index in [1.165, 1.54) is 54.3 Å². The fraction of sp³-hybridized carbons (Fsp3) is 0.179. The predicted molar refractivity (Wildman–Crippen MR) is 157 cm³/mol. The molecule has 0 spiro atoms. The van der Waals surface area contributed by atoms with Crippen LogP contribution in [0.15, 0.2) is 53.1 Å². The summed E-state index contributed by atoms with van der Waals surface area (Å²) < 4.78 is 23.6. The molecule has 15 heteroatoms. The van der Waals surface area contributed by atoms with Crippen molar-refractivity contribution in [2.24, 2.45) is 4.99 Å². The van der Waals surface area contributed by atoms with E-state index in [4.69, 9.17) is 18.9 Å². The second kappa shape index (κ2) is 11.6. The molecule has 0 saturated heterocycles. The van der Waals surface area contributed by atoms with Gasteiger partial charge in [0.1, 0.15) is 43.3 Å². The molecule has 6 heterocycles. The highest BCUT2D eigenvalue weighted by atomic mass is 32.1. The van der Waals surface area contributed by atoms with Gasteiger partial charge in [0.15, 0.2) is 34.6 Å². The normalized spacial score (nSPS) is 14.3. The number of carbonyl (C=O) groups is 2. The van der Waals surface area contributed by atoms with Crippen LogP contribution >= 0.6 is 22.7 Å². The van der Waals surface area contributed by atoms with Gasteiger partial charge in [-0.25, -0.2) is 29.5 Å². The molecule has 43 heavy (non-hydrogen) atoms. The molecule has 13 nitrogen and oxygen atoms in total. The Kier molecular flexibility index (Phi) is 7.56. The van der Waals surface area contributed by atoms with Gasteiger partial charge in [-0.2, -0.15) is 0 Å². The third-order valence-electron chi connectivity index (χ3n) is 6.25. The second-order valence-electron chi connectivity index (χ2n) is 8.85. The molecule has 0 aromatic carbocycles. The number of carboxylic acids is 2. The number of hydrogen-bond donors (Lipinski definition) is 2. The molecule has 0 saturated carbocycles. The zero-order valence-corrected chi connectivity index (χ0v) is 24.0. The molecule has 6 rings (SSSR count). The number of fused-ring (bicyclic) bond motifs is 2. The van der Waals surface area contributed by atoms with Crippen LogP contribution in [-0.4, -0.2) is 81.3 Å². The van der Waals surface area contributed by atoms with E-state index >= 15 is 0 Å². The van der Waals surface area contributed by atoms with Crippen molar-refractivity contribution in [3.8, 4) is 55.0 Å². The summed E-state index contributed by atoms with van der Waals surface area (Å²) in [6.07, 6.45) is 3.70. The second-order valence-corrected chi connectivity index (χ2v) is 10.8. The predicted octanol–water partition coefficient (Wildman–Crippen LogP) is 4.25. The number of aliphatic imine (C=N–C) groups is 1. The molecular weight excluding hydrogens is 598 g/mol. The summed E-state index contributed by atoms with van der Waals surface area (Å²) in [4.78, 5) is 47.6. The number of aliphatic carboxylic acids is 1. The molecule has 218 valence electrons. The van der Waals surface area contributed by atoms with E-state index < -0.39 is 11.9 Å². The van der Waals surface area contributed by atoms with Crippen LogP contribution in [0.5, 0.6) is 23.0 Å². The maximum absolute atomic E-state index is 12.0. The highest BCUT2D eigenvalue weighted by molar-refractivity contribution is 7.24. The van der Waals surface area contributed by atoms with Gasteiger partial charge in [-0.3, -0.25) is 4.99 Å². The van der Waals surface area contributed by atoms with Gasteiger partial charge >= 0.3 is 11.9 Å². The number of allylic oxidation sites excluding steroid dienone is 1. The first-order chi connectivity index (χ1) is 20.9. The van der Waals surface area contributed by atoms with Crippen LogP contribution in [0.1, 0.15) is 16.1 Å². The Bertz CT molecular complexity index is 1840. The Morgan fingerprint density at radius 3 is 2.33 bits per heavy atom. The highest BCUT2D eigenvalue weighted by Gasteiger charge is 2.32. The van der Waals surface area contributed by atoms with E-state index in [0.29, 0.717) is 54.3 Å². The molecule has 0 aliphatic carbocycles. The molecule has 2 N–H and O–H groups in total. The van der Waals surface area contributed by atoms with Gasteiger partial charge in [-0.15, -0.1) is 22.7 Å². The molecule has 0 amide bonds. The molecule has 4 aromatic rings. The van der Waals surface area contributed by atoms with E-state index in [-0.39, 0.29) is 39.9 Å². The third kappa shape index (κ3) is 5.30. The van der Waals surface area contributed by atoms with Crippen LogP contribution in [-0.2, 0) is 4.79 Å².